The highest BCUT2D eigenvalue weighted by atomic mass is 16.5. The topological polar surface area (TPSA) is 21.9 Å². The Morgan fingerprint density at radius 1 is 0.581 bits per heavy atom. The molecule has 3 aliphatic rings. The third-order valence-electron chi connectivity index (χ3n) is 13.6. The van der Waals surface area contributed by atoms with Crippen LogP contribution in [0, 0.1) is 20.8 Å². The Labute approximate surface area is 365 Å². The van der Waals surface area contributed by atoms with Gasteiger partial charge in [-0.1, -0.05) is 125 Å². The molecule has 9 aromatic rings. The molecule has 0 fully saturated rings. The summed E-state index contributed by atoms with van der Waals surface area (Å²) in [4.78, 5) is 0. The van der Waals surface area contributed by atoms with Crippen LogP contribution < -0.4 is 13.9 Å². The van der Waals surface area contributed by atoms with Crippen molar-refractivity contribution in [3.8, 4) is 78.6 Å². The van der Waals surface area contributed by atoms with E-state index in [1.165, 1.54) is 50.1 Å². The Morgan fingerprint density at radius 2 is 1.29 bits per heavy atom. The first-order valence-corrected chi connectivity index (χ1v) is 22.0. The minimum atomic E-state index is -1.05. The Balaban J connectivity index is 1.20. The minimum absolute atomic E-state index is 0.308. The fraction of sp³-hybridized carbons (Fsp3) is 0.172. The molecule has 1 unspecified atom stereocenters. The van der Waals surface area contributed by atoms with Crippen molar-refractivity contribution in [3.63, 3.8) is 0 Å². The smallest absolute Gasteiger partial charge is 0.392 e. The molecule has 2 aromatic heterocycles. The van der Waals surface area contributed by atoms with E-state index in [1.54, 1.807) is 0 Å². The van der Waals surface area contributed by atoms with Gasteiger partial charge in [0.15, 0.2) is 23.0 Å². The van der Waals surface area contributed by atoms with Crippen LogP contribution in [0.2, 0.25) is 0 Å². The van der Waals surface area contributed by atoms with E-state index in [1.807, 2.05) is 13.8 Å². The lowest BCUT2D eigenvalue weighted by Crippen LogP contribution is -2.78. The number of hydrogen-bond acceptors (Lipinski definition) is 1. The van der Waals surface area contributed by atoms with Crippen LogP contribution in [-0.2, 0) is 5.85 Å². The Morgan fingerprint density at radius 3 is 2.02 bits per heavy atom. The normalized spacial score (nSPS) is 15.6. The SMILES string of the molecule is [2H]C(C)(C)c1cccc(C(C)C)c1-c1ccc(-n2c3[n+]4c5c(cccc52)-c2cc(-c5ccccc5)cc5c2C4(Oc2c(C)cc(C)cc2-3)[n+]2ccc(-c3ccccc3)cc2-5)c(C)c1. The monoisotopic (exact) mass is 804 g/mol. The molecule has 0 aliphatic carbocycles. The van der Waals surface area contributed by atoms with Crippen LogP contribution >= 0.6 is 0 Å². The quantitative estimate of drug-likeness (QED) is 0.153. The summed E-state index contributed by atoms with van der Waals surface area (Å²) >= 11 is 0. The summed E-state index contributed by atoms with van der Waals surface area (Å²) in [5.74, 6) is 0.482. The number of ether oxygens (including phenoxy) is 1. The van der Waals surface area contributed by atoms with Crippen LogP contribution in [0.1, 0.15) is 74.3 Å². The highest BCUT2D eigenvalue weighted by Crippen LogP contribution is 2.55. The van der Waals surface area contributed by atoms with Gasteiger partial charge in [-0.25, -0.2) is 0 Å². The van der Waals surface area contributed by atoms with E-state index in [-0.39, 0.29) is 0 Å². The van der Waals surface area contributed by atoms with E-state index in [2.05, 4.69) is 206 Å². The van der Waals surface area contributed by atoms with Gasteiger partial charge in [0.05, 0.1) is 5.56 Å². The first kappa shape index (κ1) is 35.7. The molecule has 0 saturated heterocycles. The van der Waals surface area contributed by atoms with Crippen LogP contribution in [0.3, 0.4) is 0 Å². The average molecular weight is 805 g/mol. The van der Waals surface area contributed by atoms with Crippen LogP contribution in [0.5, 0.6) is 5.75 Å². The summed E-state index contributed by atoms with van der Waals surface area (Å²) in [5, 5.41) is 0. The Bertz CT molecular complexity index is 3410. The average Bonchev–Trinajstić information content (AvgIpc) is 3.78. The molecule has 62 heavy (non-hydrogen) atoms. The van der Waals surface area contributed by atoms with Crippen LogP contribution in [0.4, 0.5) is 0 Å². The van der Waals surface area contributed by atoms with Crippen LogP contribution in [-0.4, -0.2) is 4.57 Å². The number of nitrogens with zero attached hydrogens (tertiary/aromatic N) is 3. The van der Waals surface area contributed by atoms with Crippen molar-refractivity contribution in [2.24, 2.45) is 0 Å². The van der Waals surface area contributed by atoms with Crippen LogP contribution in [0.25, 0.3) is 83.9 Å². The van der Waals surface area contributed by atoms with Gasteiger partial charge in [0.2, 0.25) is 5.69 Å². The molecule has 300 valence electrons. The zero-order chi connectivity index (χ0) is 43.1. The minimum Gasteiger partial charge on any atom is -0.392 e. The number of aryl methyl sites for hydroxylation is 3. The summed E-state index contributed by atoms with van der Waals surface area (Å²) in [5.41, 5.74) is 23.0. The van der Waals surface area contributed by atoms with Gasteiger partial charge in [-0.3, -0.25) is 0 Å². The van der Waals surface area contributed by atoms with Crippen molar-refractivity contribution in [1.29, 1.82) is 0 Å². The largest absolute Gasteiger partial charge is 0.499 e. The Kier molecular flexibility index (Phi) is 7.62. The second kappa shape index (κ2) is 13.2. The van der Waals surface area contributed by atoms with Crippen molar-refractivity contribution < 1.29 is 15.2 Å². The number of para-hydroxylation sites is 1. The zero-order valence-corrected chi connectivity index (χ0v) is 36.3. The fourth-order valence-electron chi connectivity index (χ4n) is 11.0. The summed E-state index contributed by atoms with van der Waals surface area (Å²) in [6.07, 6.45) is 2.25. The number of aromatic nitrogens is 3. The lowest BCUT2D eigenvalue weighted by atomic mass is 9.84. The molecule has 3 aliphatic heterocycles. The van der Waals surface area contributed by atoms with Crippen molar-refractivity contribution in [3.05, 3.63) is 191 Å². The van der Waals surface area contributed by atoms with Gasteiger partial charge in [-0.05, 0) is 136 Å². The number of rotatable bonds is 6. The highest BCUT2D eigenvalue weighted by Gasteiger charge is 2.68. The summed E-state index contributed by atoms with van der Waals surface area (Å²) in [6.45, 7) is 15.1. The highest BCUT2D eigenvalue weighted by molar-refractivity contribution is 5.99. The molecule has 0 bridgehead atoms. The Hall–Kier alpha value is -7.04. The molecule has 4 heteroatoms. The molecule has 4 nitrogen and oxygen atoms in total. The second-order valence-corrected chi connectivity index (χ2v) is 18.1. The van der Waals surface area contributed by atoms with Crippen molar-refractivity contribution in [1.82, 2.24) is 4.57 Å². The van der Waals surface area contributed by atoms with E-state index in [0.717, 1.165) is 72.9 Å². The fourth-order valence-corrected chi connectivity index (χ4v) is 11.0. The molecule has 0 saturated carbocycles. The lowest BCUT2D eigenvalue weighted by Gasteiger charge is -2.33. The van der Waals surface area contributed by atoms with Gasteiger partial charge in [0.25, 0.3) is 0 Å². The summed E-state index contributed by atoms with van der Waals surface area (Å²) in [7, 11) is 0. The number of hydrogen-bond donors (Lipinski definition) is 0. The standard InChI is InChI=1S/C58H49N3O/c1-34(2)44-20-14-21-45(35(3)4)53(44)42-24-25-50(37(6)30-42)60-51-23-15-22-46-47-31-43(40-18-12-9-13-19-40)32-48-52-33-41(39-16-10-8-11-17-39)26-27-59(52)58(54(47)48)61(55(46)51)57(60)49-29-36(5)28-38(7)56(49)62-58/h8-35H,1-7H3/q+2/i34D. The number of imidazole rings is 1. The molecular weight excluding hydrogens is 755 g/mol. The third-order valence-corrected chi connectivity index (χ3v) is 13.6. The maximum absolute atomic E-state index is 9.20. The van der Waals surface area contributed by atoms with E-state index in [0.29, 0.717) is 5.92 Å². The van der Waals surface area contributed by atoms with E-state index in [9.17, 15) is 1.37 Å². The number of pyridine rings is 1. The molecule has 0 N–H and O–H groups in total. The first-order valence-electron chi connectivity index (χ1n) is 22.5. The van der Waals surface area contributed by atoms with Gasteiger partial charge in [-0.15, -0.1) is 9.13 Å². The molecule has 0 amide bonds. The first-order chi connectivity index (χ1) is 30.4. The second-order valence-electron chi connectivity index (χ2n) is 18.1. The van der Waals surface area contributed by atoms with Crippen molar-refractivity contribution in [2.45, 2.75) is 66.1 Å². The van der Waals surface area contributed by atoms with Gasteiger partial charge in [0, 0.05) is 24.6 Å². The lowest BCUT2D eigenvalue weighted by molar-refractivity contribution is -0.997. The van der Waals surface area contributed by atoms with E-state index >= 15 is 0 Å². The zero-order valence-electron chi connectivity index (χ0n) is 37.3. The maximum atomic E-state index is 9.20. The van der Waals surface area contributed by atoms with Crippen molar-refractivity contribution >= 4 is 11.0 Å². The van der Waals surface area contributed by atoms with Gasteiger partial charge in [0.1, 0.15) is 16.8 Å². The summed E-state index contributed by atoms with van der Waals surface area (Å²) in [6, 6.07) is 55.7. The molecule has 5 heterocycles. The molecule has 1 spiro atoms. The maximum Gasteiger partial charge on any atom is 0.499 e. The summed E-state index contributed by atoms with van der Waals surface area (Å²) < 4.78 is 24.4. The predicted molar refractivity (Wildman–Crippen MR) is 252 cm³/mol. The number of benzene rings is 7. The molecular formula is C58H49N3O+2. The molecule has 0 radical (unpaired) electrons. The van der Waals surface area contributed by atoms with Crippen molar-refractivity contribution in [2.75, 3.05) is 0 Å². The number of fused-ring (bicyclic) bond motifs is 5. The third kappa shape index (κ3) is 4.95. The van der Waals surface area contributed by atoms with E-state index in [4.69, 9.17) is 4.74 Å². The van der Waals surface area contributed by atoms with Gasteiger partial charge >= 0.3 is 11.7 Å². The predicted octanol–water partition coefficient (Wildman–Crippen LogP) is 13.6. The van der Waals surface area contributed by atoms with Crippen LogP contribution in [0.15, 0.2) is 158 Å². The van der Waals surface area contributed by atoms with Gasteiger partial charge < -0.3 is 4.74 Å². The van der Waals surface area contributed by atoms with Gasteiger partial charge in [-0.2, -0.15) is 4.57 Å². The molecule has 12 rings (SSSR count). The molecule has 1 atom stereocenters. The molecule has 7 aromatic carbocycles. The van der Waals surface area contributed by atoms with E-state index < -0.39 is 11.7 Å².